The molecule has 2 heterocycles. The Kier molecular flexibility index (Phi) is 5.11. The number of aromatic nitrogens is 3. The van der Waals surface area contributed by atoms with Crippen molar-refractivity contribution in [1.82, 2.24) is 14.5 Å². The lowest BCUT2D eigenvalue weighted by atomic mass is 10.1. The highest BCUT2D eigenvalue weighted by molar-refractivity contribution is 6.30. The highest BCUT2D eigenvalue weighted by Gasteiger charge is 2.26. The molecule has 6 nitrogen and oxygen atoms in total. The summed E-state index contributed by atoms with van der Waals surface area (Å²) in [4.78, 5) is 22.3. The lowest BCUT2D eigenvalue weighted by molar-refractivity contribution is 0.0450. The number of carbonyl (C=O) groups is 1. The highest BCUT2D eigenvalue weighted by atomic mass is 35.5. The summed E-state index contributed by atoms with van der Waals surface area (Å²) >= 11 is 6.18. The van der Waals surface area contributed by atoms with E-state index >= 15 is 0 Å². The maximum absolute atomic E-state index is 12.9. The van der Waals surface area contributed by atoms with Crippen LogP contribution >= 0.6 is 11.6 Å². The summed E-state index contributed by atoms with van der Waals surface area (Å²) in [6.07, 6.45) is 0.914. The molecule has 2 aromatic carbocycles. The number of benzene rings is 2. The van der Waals surface area contributed by atoms with Crippen molar-refractivity contribution in [2.45, 2.75) is 20.3 Å². The van der Waals surface area contributed by atoms with Crippen LogP contribution in [0.3, 0.4) is 0 Å². The number of ether oxygens (including phenoxy) is 1. The van der Waals surface area contributed by atoms with Crippen LogP contribution in [0, 0.1) is 5.92 Å². The molecule has 0 fully saturated rings. The number of anilines is 1. The van der Waals surface area contributed by atoms with Crippen LogP contribution in [0.2, 0.25) is 5.02 Å². The fourth-order valence-electron chi connectivity index (χ4n) is 3.15. The van der Waals surface area contributed by atoms with E-state index < -0.39 is 5.97 Å². The van der Waals surface area contributed by atoms with Gasteiger partial charge in [-0.25, -0.2) is 14.8 Å². The van der Waals surface area contributed by atoms with Gasteiger partial charge in [-0.1, -0.05) is 50.1 Å². The lowest BCUT2D eigenvalue weighted by Gasteiger charge is -2.10. The minimum atomic E-state index is -0.502. The van der Waals surface area contributed by atoms with E-state index in [9.17, 15) is 4.79 Å². The summed E-state index contributed by atoms with van der Waals surface area (Å²) in [6.45, 7) is 4.40. The molecule has 0 aliphatic carbocycles. The number of hydrogen-bond donors (Lipinski definition) is 1. The molecule has 0 aliphatic rings. The molecular formula is C22H21ClN4O2. The van der Waals surface area contributed by atoms with Gasteiger partial charge in [-0.2, -0.15) is 0 Å². The van der Waals surface area contributed by atoms with Crippen LogP contribution in [0.25, 0.3) is 27.9 Å². The first kappa shape index (κ1) is 19.2. The molecule has 148 valence electrons. The number of nitrogen functional groups attached to an aromatic ring is 1. The van der Waals surface area contributed by atoms with Gasteiger partial charge in [0.1, 0.15) is 16.9 Å². The molecule has 4 aromatic rings. The second-order valence-electron chi connectivity index (χ2n) is 7.07. The average Bonchev–Trinajstić information content (AvgIpc) is 3.00. The van der Waals surface area contributed by atoms with Gasteiger partial charge in [0.15, 0.2) is 5.65 Å². The van der Waals surface area contributed by atoms with Crippen LogP contribution in [-0.4, -0.2) is 27.1 Å². The van der Waals surface area contributed by atoms with Crippen molar-refractivity contribution in [3.8, 4) is 5.69 Å². The topological polar surface area (TPSA) is 83.0 Å². The normalized spacial score (nSPS) is 12.4. The molecule has 7 heteroatoms. The fraction of sp³-hybridized carbons (Fsp3) is 0.227. The van der Waals surface area contributed by atoms with E-state index in [-0.39, 0.29) is 17.3 Å². The summed E-state index contributed by atoms with van der Waals surface area (Å²) in [6, 6.07) is 14.7. The molecule has 0 amide bonds. The van der Waals surface area contributed by atoms with Gasteiger partial charge in [0.2, 0.25) is 0 Å². The smallest absolute Gasteiger partial charge is 0.344 e. The number of carbonyl (C=O) groups excluding carboxylic acids is 1. The summed E-state index contributed by atoms with van der Waals surface area (Å²) in [7, 11) is 0. The van der Waals surface area contributed by atoms with Crippen molar-refractivity contribution in [2.24, 2.45) is 5.92 Å². The van der Waals surface area contributed by atoms with Crippen LogP contribution in [0.1, 0.15) is 30.6 Å². The third-order valence-corrected chi connectivity index (χ3v) is 5.20. The van der Waals surface area contributed by atoms with Crippen molar-refractivity contribution < 1.29 is 9.53 Å². The van der Waals surface area contributed by atoms with Gasteiger partial charge >= 0.3 is 5.97 Å². The number of rotatable bonds is 5. The zero-order valence-corrected chi connectivity index (χ0v) is 17.0. The molecular weight excluding hydrogens is 388 g/mol. The molecule has 0 radical (unpaired) electrons. The van der Waals surface area contributed by atoms with Crippen LogP contribution in [0.15, 0.2) is 48.5 Å². The number of nitrogens with two attached hydrogens (primary N) is 1. The molecule has 2 aromatic heterocycles. The number of fused-ring (bicyclic) bond motifs is 2. The van der Waals surface area contributed by atoms with E-state index in [1.165, 1.54) is 0 Å². The molecule has 0 unspecified atom stereocenters. The van der Waals surface area contributed by atoms with Crippen LogP contribution in [-0.2, 0) is 4.74 Å². The predicted molar refractivity (Wildman–Crippen MR) is 116 cm³/mol. The molecule has 2 N–H and O–H groups in total. The molecule has 0 saturated carbocycles. The van der Waals surface area contributed by atoms with Crippen LogP contribution < -0.4 is 5.73 Å². The van der Waals surface area contributed by atoms with Gasteiger partial charge in [-0.05, 0) is 36.2 Å². The van der Waals surface area contributed by atoms with Gasteiger partial charge in [0.05, 0.1) is 23.3 Å². The van der Waals surface area contributed by atoms with Crippen LogP contribution in [0.5, 0.6) is 0 Å². The van der Waals surface area contributed by atoms with Crippen molar-refractivity contribution in [2.75, 3.05) is 12.3 Å². The molecule has 29 heavy (non-hydrogen) atoms. The first-order chi connectivity index (χ1) is 14.0. The molecule has 0 bridgehead atoms. The summed E-state index contributed by atoms with van der Waals surface area (Å²) in [5, 5.41) is 0.554. The van der Waals surface area contributed by atoms with Crippen molar-refractivity contribution in [3.63, 3.8) is 0 Å². The molecule has 4 rings (SSSR count). The Balaban J connectivity index is 1.96. The fourth-order valence-corrected chi connectivity index (χ4v) is 3.33. The zero-order chi connectivity index (χ0) is 20.5. The highest BCUT2D eigenvalue weighted by Crippen LogP contribution is 2.32. The van der Waals surface area contributed by atoms with E-state index in [1.54, 1.807) is 16.7 Å². The van der Waals surface area contributed by atoms with Gasteiger partial charge in [0.25, 0.3) is 0 Å². The number of nitrogens with zero attached hydrogens (tertiary/aromatic N) is 3. The van der Waals surface area contributed by atoms with E-state index in [2.05, 4.69) is 11.9 Å². The van der Waals surface area contributed by atoms with Crippen molar-refractivity contribution in [1.29, 1.82) is 0 Å². The summed E-state index contributed by atoms with van der Waals surface area (Å²) in [5.74, 6) is -0.0155. The minimum absolute atomic E-state index is 0.224. The first-order valence-corrected chi connectivity index (χ1v) is 9.87. The lowest BCUT2D eigenvalue weighted by Crippen LogP contribution is -2.13. The van der Waals surface area contributed by atoms with E-state index in [0.717, 1.165) is 6.42 Å². The number of esters is 1. The maximum atomic E-state index is 12.9. The Bertz CT molecular complexity index is 1220. The molecule has 0 saturated heterocycles. The van der Waals surface area contributed by atoms with E-state index in [0.29, 0.717) is 39.5 Å². The van der Waals surface area contributed by atoms with E-state index in [4.69, 9.17) is 27.1 Å². The Morgan fingerprint density at radius 2 is 1.90 bits per heavy atom. The quantitative estimate of drug-likeness (QED) is 0.469. The third-order valence-electron chi connectivity index (χ3n) is 4.96. The second-order valence-corrected chi connectivity index (χ2v) is 7.51. The number of para-hydroxylation sites is 2. The molecule has 0 aliphatic heterocycles. The second kappa shape index (κ2) is 7.72. The van der Waals surface area contributed by atoms with Crippen LogP contribution in [0.4, 0.5) is 5.82 Å². The van der Waals surface area contributed by atoms with Gasteiger partial charge in [-0.15, -0.1) is 0 Å². The minimum Gasteiger partial charge on any atom is -0.462 e. The van der Waals surface area contributed by atoms with Gasteiger partial charge in [0, 0.05) is 5.02 Å². The Morgan fingerprint density at radius 1 is 1.17 bits per heavy atom. The Hall–Kier alpha value is -3.12. The van der Waals surface area contributed by atoms with Gasteiger partial charge < -0.3 is 10.5 Å². The van der Waals surface area contributed by atoms with Crippen molar-refractivity contribution >= 4 is 45.6 Å². The molecule has 1 atom stereocenters. The predicted octanol–water partition coefficient (Wildman–Crippen LogP) is 5.01. The SMILES string of the molecule is CC[C@H](C)COC(=O)c1c(N)n(-c2cccc(Cl)c2)c2nc3ccccc3nc12. The number of halogens is 1. The number of hydrogen-bond acceptors (Lipinski definition) is 5. The van der Waals surface area contributed by atoms with E-state index in [1.807, 2.05) is 43.3 Å². The maximum Gasteiger partial charge on any atom is 0.344 e. The summed E-state index contributed by atoms with van der Waals surface area (Å²) < 4.78 is 7.22. The first-order valence-electron chi connectivity index (χ1n) is 9.49. The van der Waals surface area contributed by atoms with Crippen molar-refractivity contribution in [3.05, 3.63) is 59.1 Å². The monoisotopic (exact) mass is 408 g/mol. The average molecular weight is 409 g/mol. The molecule has 0 spiro atoms. The Morgan fingerprint density at radius 3 is 2.59 bits per heavy atom. The van der Waals surface area contributed by atoms with Gasteiger partial charge in [-0.3, -0.25) is 4.57 Å². The largest absolute Gasteiger partial charge is 0.462 e. The standard InChI is InChI=1S/C22H21ClN4O2/c1-3-13(2)12-29-22(28)18-19-21(26-17-10-5-4-9-16(17)25-19)27(20(18)24)15-8-6-7-14(23)11-15/h4-11,13H,3,12,24H2,1-2H3/t13-/m0/s1. The third kappa shape index (κ3) is 3.51. The zero-order valence-electron chi connectivity index (χ0n) is 16.2. The summed E-state index contributed by atoms with van der Waals surface area (Å²) in [5.41, 5.74) is 9.65. The Labute approximate surface area is 173 Å².